The fraction of sp³-hybridized carbons (Fsp3) is 0.417. The minimum atomic E-state index is -0.0268. The molecule has 0 saturated heterocycles. The lowest BCUT2D eigenvalue weighted by Gasteiger charge is -2.08. The molecule has 0 unspecified atom stereocenters. The lowest BCUT2D eigenvalue weighted by atomic mass is 10.2. The first kappa shape index (κ1) is 14.3. The van der Waals surface area contributed by atoms with E-state index in [9.17, 15) is 4.79 Å². The van der Waals surface area contributed by atoms with Gasteiger partial charge in [0.15, 0.2) is 0 Å². The number of ether oxygens (including phenoxy) is 1. The molecule has 0 saturated carbocycles. The van der Waals surface area contributed by atoms with Crippen molar-refractivity contribution in [2.24, 2.45) is 0 Å². The van der Waals surface area contributed by atoms with Gasteiger partial charge in [-0.25, -0.2) is 0 Å². The van der Waals surface area contributed by atoms with Crippen molar-refractivity contribution in [1.29, 1.82) is 0 Å². The van der Waals surface area contributed by atoms with Crippen LogP contribution in [0.4, 0.5) is 5.69 Å². The van der Waals surface area contributed by atoms with E-state index in [1.165, 1.54) is 0 Å². The van der Waals surface area contributed by atoms with Gasteiger partial charge in [-0.05, 0) is 25.0 Å². The molecule has 0 bridgehead atoms. The first-order valence-electron chi connectivity index (χ1n) is 5.36. The molecule has 1 aromatic carbocycles. The van der Waals surface area contributed by atoms with Gasteiger partial charge in [-0.1, -0.05) is 27.5 Å². The van der Waals surface area contributed by atoms with Gasteiger partial charge < -0.3 is 10.1 Å². The van der Waals surface area contributed by atoms with Crippen LogP contribution in [0.2, 0.25) is 5.02 Å². The molecular formula is C12H15BrClNO2. The van der Waals surface area contributed by atoms with Crippen LogP contribution in [0.15, 0.2) is 18.2 Å². The molecule has 0 aromatic heterocycles. The zero-order valence-electron chi connectivity index (χ0n) is 9.63. The average Bonchev–Trinajstić information content (AvgIpc) is 2.32. The van der Waals surface area contributed by atoms with Gasteiger partial charge >= 0.3 is 0 Å². The molecule has 0 aliphatic heterocycles. The number of hydrogen-bond acceptors (Lipinski definition) is 2. The Labute approximate surface area is 115 Å². The highest BCUT2D eigenvalue weighted by Gasteiger charge is 2.06. The molecule has 3 nitrogen and oxygen atoms in total. The van der Waals surface area contributed by atoms with Crippen LogP contribution in [-0.2, 0) is 4.79 Å². The Morgan fingerprint density at radius 1 is 1.47 bits per heavy atom. The van der Waals surface area contributed by atoms with Crippen molar-refractivity contribution in [2.45, 2.75) is 19.3 Å². The van der Waals surface area contributed by atoms with Gasteiger partial charge in [0.25, 0.3) is 0 Å². The first-order valence-corrected chi connectivity index (χ1v) is 6.86. The van der Waals surface area contributed by atoms with Gasteiger partial charge in [0, 0.05) is 17.8 Å². The summed E-state index contributed by atoms with van der Waals surface area (Å²) in [7, 11) is 1.57. The van der Waals surface area contributed by atoms with Crippen molar-refractivity contribution < 1.29 is 9.53 Å². The van der Waals surface area contributed by atoms with E-state index in [2.05, 4.69) is 21.2 Å². The molecule has 0 radical (unpaired) electrons. The molecule has 0 spiro atoms. The third kappa shape index (κ3) is 4.96. The Balaban J connectivity index is 2.57. The van der Waals surface area contributed by atoms with Crippen LogP contribution >= 0.6 is 27.5 Å². The number of rotatable bonds is 6. The number of amides is 1. The summed E-state index contributed by atoms with van der Waals surface area (Å²) >= 11 is 9.31. The van der Waals surface area contributed by atoms with Crippen molar-refractivity contribution in [3.8, 4) is 5.75 Å². The molecule has 5 heteroatoms. The summed E-state index contributed by atoms with van der Waals surface area (Å²) in [5, 5.41) is 4.21. The minimum Gasteiger partial charge on any atom is -0.497 e. The number of anilines is 1. The third-order valence-corrected chi connectivity index (χ3v) is 3.13. The highest BCUT2D eigenvalue weighted by atomic mass is 79.9. The Hall–Kier alpha value is -0.740. The van der Waals surface area contributed by atoms with Gasteiger partial charge in [-0.15, -0.1) is 0 Å². The monoisotopic (exact) mass is 319 g/mol. The van der Waals surface area contributed by atoms with Gasteiger partial charge in [0.2, 0.25) is 5.91 Å². The third-order valence-electron chi connectivity index (χ3n) is 2.24. The fourth-order valence-corrected chi connectivity index (χ4v) is 1.88. The Bertz CT molecular complexity index is 385. The highest BCUT2D eigenvalue weighted by molar-refractivity contribution is 9.09. The molecule has 0 atom stereocenters. The van der Waals surface area contributed by atoms with Crippen molar-refractivity contribution in [1.82, 2.24) is 0 Å². The van der Waals surface area contributed by atoms with Crippen LogP contribution < -0.4 is 10.1 Å². The number of carbonyl (C=O) groups is 1. The smallest absolute Gasteiger partial charge is 0.224 e. The SMILES string of the molecule is COc1ccc(Cl)c(NC(=O)CCCCBr)c1. The van der Waals surface area contributed by atoms with Crippen LogP contribution in [0, 0.1) is 0 Å². The second kappa shape index (κ2) is 7.56. The van der Waals surface area contributed by atoms with Crippen LogP contribution in [0.25, 0.3) is 0 Å². The molecule has 0 aliphatic carbocycles. The van der Waals surface area contributed by atoms with Gasteiger partial charge in [0.05, 0.1) is 17.8 Å². The maximum atomic E-state index is 11.6. The summed E-state index contributed by atoms with van der Waals surface area (Å²) in [5.41, 5.74) is 0.592. The van der Waals surface area contributed by atoms with Crippen LogP contribution in [-0.4, -0.2) is 18.3 Å². The maximum Gasteiger partial charge on any atom is 0.224 e. The summed E-state index contributed by atoms with van der Waals surface area (Å²) in [6, 6.07) is 5.17. The van der Waals surface area contributed by atoms with Crippen LogP contribution in [0.1, 0.15) is 19.3 Å². The highest BCUT2D eigenvalue weighted by Crippen LogP contribution is 2.26. The van der Waals surface area contributed by atoms with E-state index >= 15 is 0 Å². The van der Waals surface area contributed by atoms with E-state index in [0.717, 1.165) is 18.2 Å². The topological polar surface area (TPSA) is 38.3 Å². The lowest BCUT2D eigenvalue weighted by molar-refractivity contribution is -0.116. The van der Waals surface area contributed by atoms with E-state index in [1.807, 2.05) is 0 Å². The molecule has 1 N–H and O–H groups in total. The number of carbonyl (C=O) groups excluding carboxylic acids is 1. The average molecular weight is 321 g/mol. The van der Waals surface area contributed by atoms with Crippen molar-refractivity contribution in [2.75, 3.05) is 17.8 Å². The molecule has 0 aliphatic rings. The number of halogens is 2. The van der Waals surface area contributed by atoms with Gasteiger partial charge in [-0.2, -0.15) is 0 Å². The zero-order valence-corrected chi connectivity index (χ0v) is 12.0. The molecule has 17 heavy (non-hydrogen) atoms. The predicted octanol–water partition coefficient (Wildman–Crippen LogP) is 3.85. The number of alkyl halides is 1. The predicted molar refractivity (Wildman–Crippen MR) is 74.3 cm³/mol. The molecule has 1 rings (SSSR count). The molecule has 94 valence electrons. The van der Waals surface area contributed by atoms with E-state index in [0.29, 0.717) is 22.9 Å². The molecule has 0 fully saturated rings. The van der Waals surface area contributed by atoms with Crippen molar-refractivity contribution in [3.63, 3.8) is 0 Å². The van der Waals surface area contributed by atoms with Gasteiger partial charge in [0.1, 0.15) is 5.75 Å². The second-order valence-electron chi connectivity index (χ2n) is 3.54. The molecule has 1 amide bonds. The summed E-state index contributed by atoms with van der Waals surface area (Å²) in [6.45, 7) is 0. The van der Waals surface area contributed by atoms with Crippen molar-refractivity contribution >= 4 is 39.1 Å². The summed E-state index contributed by atoms with van der Waals surface area (Å²) in [4.78, 5) is 11.6. The summed E-state index contributed by atoms with van der Waals surface area (Å²) in [5.74, 6) is 0.645. The van der Waals surface area contributed by atoms with Crippen LogP contribution in [0.5, 0.6) is 5.75 Å². The second-order valence-corrected chi connectivity index (χ2v) is 4.74. The van der Waals surface area contributed by atoms with E-state index in [4.69, 9.17) is 16.3 Å². The summed E-state index contributed by atoms with van der Waals surface area (Å²) < 4.78 is 5.07. The Morgan fingerprint density at radius 3 is 2.88 bits per heavy atom. The number of unbranched alkanes of at least 4 members (excludes halogenated alkanes) is 1. The van der Waals surface area contributed by atoms with E-state index in [1.54, 1.807) is 25.3 Å². The lowest BCUT2D eigenvalue weighted by Crippen LogP contribution is -2.11. The Kier molecular flexibility index (Phi) is 6.37. The maximum absolute atomic E-state index is 11.6. The number of hydrogen-bond donors (Lipinski definition) is 1. The van der Waals surface area contributed by atoms with Crippen molar-refractivity contribution in [3.05, 3.63) is 23.2 Å². The zero-order chi connectivity index (χ0) is 12.7. The molecular weight excluding hydrogens is 305 g/mol. The normalized spacial score (nSPS) is 10.1. The quantitative estimate of drug-likeness (QED) is 0.638. The van der Waals surface area contributed by atoms with Crippen LogP contribution in [0.3, 0.4) is 0 Å². The van der Waals surface area contributed by atoms with Gasteiger partial charge in [-0.3, -0.25) is 4.79 Å². The number of nitrogens with one attached hydrogen (secondary N) is 1. The first-order chi connectivity index (χ1) is 8.17. The Morgan fingerprint density at radius 2 is 2.24 bits per heavy atom. The largest absolute Gasteiger partial charge is 0.497 e. The fourth-order valence-electron chi connectivity index (χ4n) is 1.32. The molecule has 1 aromatic rings. The number of benzene rings is 1. The van der Waals surface area contributed by atoms with E-state index < -0.39 is 0 Å². The standard InChI is InChI=1S/C12H15BrClNO2/c1-17-9-5-6-10(14)11(8-9)15-12(16)4-2-3-7-13/h5-6,8H,2-4,7H2,1H3,(H,15,16). The summed E-state index contributed by atoms with van der Waals surface area (Å²) in [6.07, 6.45) is 2.34. The minimum absolute atomic E-state index is 0.0268. The number of methoxy groups -OCH3 is 1. The molecule has 0 heterocycles. The van der Waals surface area contributed by atoms with E-state index in [-0.39, 0.29) is 5.91 Å².